The van der Waals surface area contributed by atoms with E-state index in [1.165, 1.54) is 0 Å². The van der Waals surface area contributed by atoms with Crippen LogP contribution in [0.25, 0.3) is 0 Å². The van der Waals surface area contributed by atoms with Crippen LogP contribution in [0.4, 0.5) is 4.79 Å². The fourth-order valence-electron chi connectivity index (χ4n) is 3.46. The number of benzene rings is 1. The van der Waals surface area contributed by atoms with E-state index >= 15 is 0 Å². The van der Waals surface area contributed by atoms with Crippen molar-refractivity contribution in [1.82, 2.24) is 10.2 Å². The number of amides is 2. The highest BCUT2D eigenvalue weighted by molar-refractivity contribution is 6.30. The normalized spacial score (nSPS) is 21.8. The Hall–Kier alpha value is -1.26. The van der Waals surface area contributed by atoms with Gasteiger partial charge in [-0.3, -0.25) is 0 Å². The van der Waals surface area contributed by atoms with E-state index in [9.17, 15) is 4.79 Å². The van der Waals surface area contributed by atoms with Crippen LogP contribution in [0.1, 0.15) is 37.8 Å². The number of likely N-dealkylation sites (tertiary alicyclic amines) is 1. The summed E-state index contributed by atoms with van der Waals surface area (Å²) in [5.41, 5.74) is 1.32. The lowest BCUT2D eigenvalue weighted by atomic mass is 9.80. The molecule has 1 atom stereocenters. The van der Waals surface area contributed by atoms with Gasteiger partial charge in [-0.25, -0.2) is 4.79 Å². The molecule has 1 N–H and O–H groups in total. The van der Waals surface area contributed by atoms with Gasteiger partial charge in [-0.1, -0.05) is 23.7 Å². The lowest BCUT2D eigenvalue weighted by Crippen LogP contribution is -2.41. The molecule has 0 radical (unpaired) electrons. The van der Waals surface area contributed by atoms with Crippen molar-refractivity contribution in [2.24, 2.45) is 5.41 Å². The van der Waals surface area contributed by atoms with Gasteiger partial charge in [0.15, 0.2) is 0 Å². The molecule has 1 aromatic carbocycles. The van der Waals surface area contributed by atoms with Crippen LogP contribution in [0.3, 0.4) is 0 Å². The van der Waals surface area contributed by atoms with Crippen molar-refractivity contribution in [3.63, 3.8) is 0 Å². The Labute approximate surface area is 136 Å². The van der Waals surface area contributed by atoms with Crippen molar-refractivity contribution >= 4 is 17.6 Å². The smallest absolute Gasteiger partial charge is 0.317 e. The Bertz CT molecular complexity index is 543. The number of hydrogen-bond donors (Lipinski definition) is 1. The average molecular weight is 323 g/mol. The van der Waals surface area contributed by atoms with E-state index in [0.29, 0.717) is 5.02 Å². The maximum atomic E-state index is 12.5. The number of nitrogens with one attached hydrogen (secondary N) is 1. The summed E-state index contributed by atoms with van der Waals surface area (Å²) >= 11 is 6.01. The summed E-state index contributed by atoms with van der Waals surface area (Å²) in [5, 5.41) is 3.78. The molecule has 3 rings (SSSR count). The molecular formula is C17H23ClN2O2. The summed E-state index contributed by atoms with van der Waals surface area (Å²) in [6.07, 6.45) is 3.23. The molecule has 2 aliphatic heterocycles. The molecule has 0 aromatic heterocycles. The van der Waals surface area contributed by atoms with Crippen LogP contribution in [-0.2, 0) is 4.74 Å². The fourth-order valence-corrected chi connectivity index (χ4v) is 3.66. The van der Waals surface area contributed by atoms with Gasteiger partial charge < -0.3 is 15.0 Å². The van der Waals surface area contributed by atoms with E-state index in [-0.39, 0.29) is 17.5 Å². The molecule has 2 saturated heterocycles. The van der Waals surface area contributed by atoms with E-state index in [1.807, 2.05) is 36.1 Å². The molecule has 120 valence electrons. The van der Waals surface area contributed by atoms with Crippen molar-refractivity contribution in [2.45, 2.75) is 32.2 Å². The Morgan fingerprint density at radius 3 is 2.86 bits per heavy atom. The van der Waals surface area contributed by atoms with Crippen molar-refractivity contribution in [3.05, 3.63) is 34.9 Å². The highest BCUT2D eigenvalue weighted by Gasteiger charge is 2.41. The molecule has 0 aliphatic carbocycles. The van der Waals surface area contributed by atoms with Gasteiger partial charge in [-0.15, -0.1) is 0 Å². The highest BCUT2D eigenvalue weighted by Crippen LogP contribution is 2.39. The molecule has 4 nitrogen and oxygen atoms in total. The molecule has 2 fully saturated rings. The van der Waals surface area contributed by atoms with Crippen LogP contribution in [0, 0.1) is 5.41 Å². The van der Waals surface area contributed by atoms with Gasteiger partial charge >= 0.3 is 6.03 Å². The molecule has 22 heavy (non-hydrogen) atoms. The van der Waals surface area contributed by atoms with Gasteiger partial charge in [0.1, 0.15) is 0 Å². The molecule has 0 bridgehead atoms. The number of carbonyl (C=O) groups excluding carboxylic acids is 1. The monoisotopic (exact) mass is 322 g/mol. The number of halogens is 1. The van der Waals surface area contributed by atoms with E-state index in [2.05, 4.69) is 5.32 Å². The van der Waals surface area contributed by atoms with Crippen molar-refractivity contribution in [1.29, 1.82) is 0 Å². The molecule has 5 heteroatoms. The van der Waals surface area contributed by atoms with Crippen molar-refractivity contribution in [2.75, 3.05) is 26.3 Å². The SMILES string of the molecule is CC(NC(=O)N1CCC2(CCOCC2)C1)c1cccc(Cl)c1. The summed E-state index contributed by atoms with van der Waals surface area (Å²) < 4.78 is 5.45. The quantitative estimate of drug-likeness (QED) is 0.903. The van der Waals surface area contributed by atoms with Crippen LogP contribution in [-0.4, -0.2) is 37.2 Å². The second kappa shape index (κ2) is 6.47. The summed E-state index contributed by atoms with van der Waals surface area (Å²) in [5.74, 6) is 0. The van der Waals surface area contributed by atoms with E-state index in [1.54, 1.807) is 0 Å². The van der Waals surface area contributed by atoms with E-state index in [4.69, 9.17) is 16.3 Å². The van der Waals surface area contributed by atoms with Crippen LogP contribution < -0.4 is 5.32 Å². The van der Waals surface area contributed by atoms with Crippen molar-refractivity contribution < 1.29 is 9.53 Å². The molecule has 2 heterocycles. The third kappa shape index (κ3) is 3.39. The van der Waals surface area contributed by atoms with Gasteiger partial charge in [0.25, 0.3) is 0 Å². The van der Waals surface area contributed by atoms with Crippen LogP contribution in [0.2, 0.25) is 5.02 Å². The summed E-state index contributed by atoms with van der Waals surface area (Å²) in [6.45, 7) is 5.34. The first-order valence-corrected chi connectivity index (χ1v) is 8.34. The first-order valence-electron chi connectivity index (χ1n) is 7.97. The van der Waals surface area contributed by atoms with Crippen LogP contribution in [0.15, 0.2) is 24.3 Å². The predicted molar refractivity (Wildman–Crippen MR) is 87.1 cm³/mol. The molecule has 1 unspecified atom stereocenters. The van der Waals surface area contributed by atoms with E-state index < -0.39 is 0 Å². The maximum Gasteiger partial charge on any atom is 0.317 e. The zero-order chi connectivity index (χ0) is 15.6. The second-order valence-electron chi connectivity index (χ2n) is 6.51. The summed E-state index contributed by atoms with van der Waals surface area (Å²) in [7, 11) is 0. The zero-order valence-corrected chi connectivity index (χ0v) is 13.7. The lowest BCUT2D eigenvalue weighted by molar-refractivity contribution is 0.0208. The molecule has 0 saturated carbocycles. The number of hydrogen-bond acceptors (Lipinski definition) is 2. The van der Waals surface area contributed by atoms with Gasteiger partial charge in [0, 0.05) is 31.3 Å². The Morgan fingerprint density at radius 1 is 1.36 bits per heavy atom. The minimum absolute atomic E-state index is 0.0239. The topological polar surface area (TPSA) is 41.6 Å². The minimum Gasteiger partial charge on any atom is -0.381 e. The van der Waals surface area contributed by atoms with Gasteiger partial charge in [-0.05, 0) is 49.3 Å². The third-order valence-corrected chi connectivity index (χ3v) is 5.20. The van der Waals surface area contributed by atoms with Crippen LogP contribution >= 0.6 is 11.6 Å². The largest absolute Gasteiger partial charge is 0.381 e. The maximum absolute atomic E-state index is 12.5. The molecule has 2 aliphatic rings. The summed E-state index contributed by atoms with van der Waals surface area (Å²) in [4.78, 5) is 14.4. The van der Waals surface area contributed by atoms with Crippen molar-refractivity contribution in [3.8, 4) is 0 Å². The molecular weight excluding hydrogens is 300 g/mol. The number of nitrogens with zero attached hydrogens (tertiary/aromatic N) is 1. The first-order chi connectivity index (χ1) is 10.6. The van der Waals surface area contributed by atoms with Gasteiger partial charge in [0.2, 0.25) is 0 Å². The van der Waals surface area contributed by atoms with Gasteiger partial charge in [-0.2, -0.15) is 0 Å². The van der Waals surface area contributed by atoms with Crippen LogP contribution in [0.5, 0.6) is 0 Å². The Balaban J connectivity index is 1.58. The summed E-state index contributed by atoms with van der Waals surface area (Å²) in [6, 6.07) is 7.62. The number of ether oxygens (including phenoxy) is 1. The first kappa shape index (κ1) is 15.6. The Kier molecular flexibility index (Phi) is 4.59. The third-order valence-electron chi connectivity index (χ3n) is 4.97. The highest BCUT2D eigenvalue weighted by atomic mass is 35.5. The average Bonchev–Trinajstić information content (AvgIpc) is 2.91. The van der Waals surface area contributed by atoms with Gasteiger partial charge in [0.05, 0.1) is 6.04 Å². The second-order valence-corrected chi connectivity index (χ2v) is 6.95. The predicted octanol–water partition coefficient (Wildman–Crippen LogP) is 3.61. The van der Waals surface area contributed by atoms with E-state index in [0.717, 1.165) is 51.1 Å². The molecule has 1 aromatic rings. The fraction of sp³-hybridized carbons (Fsp3) is 0.588. The Morgan fingerprint density at radius 2 is 2.14 bits per heavy atom. The standard InChI is InChI=1S/C17H23ClN2O2/c1-13(14-3-2-4-15(18)11-14)19-16(21)20-8-5-17(12-20)6-9-22-10-7-17/h2-4,11,13H,5-10,12H2,1H3,(H,19,21). The molecule has 1 spiro atoms. The number of urea groups is 1. The minimum atomic E-state index is -0.0440. The molecule has 2 amide bonds. The number of rotatable bonds is 2. The lowest BCUT2D eigenvalue weighted by Gasteiger charge is -2.33. The number of carbonyl (C=O) groups is 1. The zero-order valence-electron chi connectivity index (χ0n) is 13.0.